The first kappa shape index (κ1) is 46.6. The highest BCUT2D eigenvalue weighted by Crippen LogP contribution is 2.30. The number of rotatable bonds is 16. The summed E-state index contributed by atoms with van der Waals surface area (Å²) in [4.78, 5) is 95.4. The second-order valence-corrected chi connectivity index (χ2v) is 17.2. The number of nitrogens with one attached hydrogen (secondary N) is 1. The van der Waals surface area contributed by atoms with Gasteiger partial charge in [-0.05, 0) is 112 Å². The van der Waals surface area contributed by atoms with E-state index < -0.39 is 58.4 Å². The van der Waals surface area contributed by atoms with E-state index in [1.165, 1.54) is 18.7 Å². The van der Waals surface area contributed by atoms with Crippen LogP contribution in [0.3, 0.4) is 0 Å². The lowest BCUT2D eigenvalue weighted by Crippen LogP contribution is -2.53. The molecule has 2 atom stereocenters. The average molecular weight is 799 g/mol. The van der Waals surface area contributed by atoms with Gasteiger partial charge in [0.25, 0.3) is 5.91 Å². The number of piperidine rings is 1. The standard InChI is InChI=1S/C42H62N4O11/c1-10-34(48)54-28-42(8,9)36(50)37(51)46-22-12-11-17-31(46)38(52)55-32(18-14-21-44-23-25-45(26-24-44)39(53)57-41(5,6)7)29-15-13-16-30(27-29)43-33(47)19-20-35(49)56-40(2,3)4/h10,13,15-16,27,31-32H,1,11-12,14,17-26,28H2,2-9H3,(H,43,47)/t31-,32?/m0/s1. The van der Waals surface area contributed by atoms with E-state index in [0.29, 0.717) is 76.1 Å². The van der Waals surface area contributed by atoms with E-state index in [-0.39, 0.29) is 38.0 Å². The molecule has 57 heavy (non-hydrogen) atoms. The van der Waals surface area contributed by atoms with E-state index in [9.17, 15) is 33.6 Å². The van der Waals surface area contributed by atoms with Gasteiger partial charge in [0.15, 0.2) is 0 Å². The van der Waals surface area contributed by atoms with Crippen LogP contribution in [0.5, 0.6) is 0 Å². The van der Waals surface area contributed by atoms with Crippen LogP contribution >= 0.6 is 0 Å². The fraction of sp³-hybridized carbons (Fsp3) is 0.643. The van der Waals surface area contributed by atoms with Gasteiger partial charge >= 0.3 is 24.0 Å². The van der Waals surface area contributed by atoms with Crippen molar-refractivity contribution in [2.45, 2.75) is 124 Å². The number of likely N-dealkylation sites (tertiary alicyclic amines) is 1. The molecule has 2 fully saturated rings. The van der Waals surface area contributed by atoms with Gasteiger partial charge in [0.2, 0.25) is 11.7 Å². The summed E-state index contributed by atoms with van der Waals surface area (Å²) < 4.78 is 22.1. The van der Waals surface area contributed by atoms with Gasteiger partial charge in [-0.2, -0.15) is 0 Å². The highest BCUT2D eigenvalue weighted by Gasteiger charge is 2.42. The highest BCUT2D eigenvalue weighted by atomic mass is 16.6. The molecule has 1 aromatic rings. The van der Waals surface area contributed by atoms with Crippen LogP contribution in [0.1, 0.15) is 112 Å². The molecule has 0 saturated carbocycles. The fourth-order valence-electron chi connectivity index (χ4n) is 6.36. The third-order valence-corrected chi connectivity index (χ3v) is 9.33. The lowest BCUT2D eigenvalue weighted by atomic mass is 9.87. The summed E-state index contributed by atoms with van der Waals surface area (Å²) in [6.07, 6.45) is 2.21. The van der Waals surface area contributed by atoms with E-state index in [4.69, 9.17) is 18.9 Å². The summed E-state index contributed by atoms with van der Waals surface area (Å²) in [5.74, 6) is -3.90. The Labute approximate surface area is 336 Å². The van der Waals surface area contributed by atoms with Crippen LogP contribution in [0, 0.1) is 5.41 Å². The molecule has 0 aromatic heterocycles. The molecule has 15 heteroatoms. The number of ketones is 1. The summed E-state index contributed by atoms with van der Waals surface area (Å²) in [6.45, 7) is 19.9. The van der Waals surface area contributed by atoms with Crippen molar-refractivity contribution in [3.8, 4) is 0 Å². The average Bonchev–Trinajstić information content (AvgIpc) is 3.14. The van der Waals surface area contributed by atoms with Crippen LogP contribution in [0.4, 0.5) is 10.5 Å². The lowest BCUT2D eigenvalue weighted by Gasteiger charge is -2.36. The number of ether oxygens (including phenoxy) is 4. The molecule has 2 aliphatic heterocycles. The third-order valence-electron chi connectivity index (χ3n) is 9.33. The molecule has 3 rings (SSSR count). The molecule has 2 saturated heterocycles. The van der Waals surface area contributed by atoms with E-state index in [2.05, 4.69) is 16.8 Å². The minimum absolute atomic E-state index is 0.0868. The summed E-state index contributed by atoms with van der Waals surface area (Å²) in [7, 11) is 0. The Kier molecular flexibility index (Phi) is 16.8. The van der Waals surface area contributed by atoms with Crippen molar-refractivity contribution in [2.24, 2.45) is 5.41 Å². The number of carbonyl (C=O) groups excluding carboxylic acids is 7. The molecule has 1 aromatic carbocycles. The van der Waals surface area contributed by atoms with Crippen molar-refractivity contribution >= 4 is 47.3 Å². The van der Waals surface area contributed by atoms with Crippen LogP contribution < -0.4 is 5.32 Å². The second kappa shape index (κ2) is 20.6. The fourth-order valence-corrected chi connectivity index (χ4v) is 6.36. The number of benzene rings is 1. The normalized spacial score (nSPS) is 17.2. The van der Waals surface area contributed by atoms with Gasteiger partial charge in [-0.25, -0.2) is 14.4 Å². The van der Waals surface area contributed by atoms with Crippen molar-refractivity contribution in [1.82, 2.24) is 14.7 Å². The van der Waals surface area contributed by atoms with Crippen molar-refractivity contribution in [2.75, 3.05) is 51.2 Å². The Balaban J connectivity index is 1.75. The Morgan fingerprint density at radius 2 is 1.54 bits per heavy atom. The van der Waals surface area contributed by atoms with Gasteiger partial charge in [-0.3, -0.25) is 24.1 Å². The second-order valence-electron chi connectivity index (χ2n) is 17.2. The topological polar surface area (TPSA) is 178 Å². The summed E-state index contributed by atoms with van der Waals surface area (Å²) in [5.41, 5.74) is -1.55. The number of hydrogen-bond acceptors (Lipinski definition) is 12. The maximum atomic E-state index is 14.0. The molecule has 15 nitrogen and oxygen atoms in total. The van der Waals surface area contributed by atoms with Gasteiger partial charge in [-0.15, -0.1) is 0 Å². The SMILES string of the molecule is C=CC(=O)OCC(C)(C)C(=O)C(=O)N1CCCC[C@H]1C(=O)OC(CCCN1CCN(C(=O)OC(C)(C)C)CC1)c1cccc(NC(=O)CCC(=O)OC(C)(C)C)c1. The van der Waals surface area contributed by atoms with Crippen molar-refractivity contribution in [1.29, 1.82) is 0 Å². The first-order valence-corrected chi connectivity index (χ1v) is 19.8. The number of anilines is 1. The molecule has 2 aliphatic rings. The van der Waals surface area contributed by atoms with Gasteiger partial charge in [0.05, 0.1) is 11.8 Å². The summed E-state index contributed by atoms with van der Waals surface area (Å²) >= 11 is 0. The van der Waals surface area contributed by atoms with E-state index >= 15 is 0 Å². The zero-order chi connectivity index (χ0) is 42.6. The molecule has 0 radical (unpaired) electrons. The van der Waals surface area contributed by atoms with Crippen molar-refractivity contribution < 1.29 is 52.5 Å². The quantitative estimate of drug-likeness (QED) is 0.0981. The Morgan fingerprint density at radius 3 is 2.18 bits per heavy atom. The molecular weight excluding hydrogens is 736 g/mol. The number of amides is 3. The van der Waals surface area contributed by atoms with Crippen molar-refractivity contribution in [3.05, 3.63) is 42.5 Å². The first-order valence-electron chi connectivity index (χ1n) is 19.8. The van der Waals surface area contributed by atoms with Crippen molar-refractivity contribution in [3.63, 3.8) is 0 Å². The summed E-state index contributed by atoms with van der Waals surface area (Å²) in [5, 5.41) is 2.81. The maximum Gasteiger partial charge on any atom is 0.410 e. The number of hydrogen-bond donors (Lipinski definition) is 1. The smallest absolute Gasteiger partial charge is 0.410 e. The Bertz CT molecular complexity index is 1620. The molecule has 316 valence electrons. The lowest BCUT2D eigenvalue weighted by molar-refractivity contribution is -0.165. The Morgan fingerprint density at radius 1 is 0.877 bits per heavy atom. The molecule has 0 spiro atoms. The highest BCUT2D eigenvalue weighted by molar-refractivity contribution is 6.38. The van der Waals surface area contributed by atoms with Gasteiger partial charge < -0.3 is 34.1 Å². The largest absolute Gasteiger partial charge is 0.461 e. The zero-order valence-corrected chi connectivity index (χ0v) is 35.0. The molecule has 0 bridgehead atoms. The number of nitrogens with zero attached hydrogens (tertiary/aromatic N) is 3. The molecule has 1 N–H and O–H groups in total. The zero-order valence-electron chi connectivity index (χ0n) is 35.0. The molecule has 1 unspecified atom stereocenters. The van der Waals surface area contributed by atoms with Crippen LogP contribution in [-0.4, -0.2) is 119 Å². The predicted molar refractivity (Wildman–Crippen MR) is 212 cm³/mol. The molecule has 0 aliphatic carbocycles. The predicted octanol–water partition coefficient (Wildman–Crippen LogP) is 5.37. The molecule has 3 amide bonds. The van der Waals surface area contributed by atoms with E-state index in [0.717, 1.165) is 6.08 Å². The third kappa shape index (κ3) is 15.6. The van der Waals surface area contributed by atoms with E-state index in [1.54, 1.807) is 49.9 Å². The van der Waals surface area contributed by atoms with Gasteiger partial charge in [-0.1, -0.05) is 18.7 Å². The monoisotopic (exact) mass is 798 g/mol. The Hall–Kier alpha value is -4.79. The van der Waals surface area contributed by atoms with Gasteiger partial charge in [0, 0.05) is 50.9 Å². The van der Waals surface area contributed by atoms with Gasteiger partial charge in [0.1, 0.15) is 30.0 Å². The number of Topliss-reactive ketones (excluding diaryl/α,β-unsaturated/α-hetero) is 1. The van der Waals surface area contributed by atoms with Crippen LogP contribution in [-0.2, 0) is 47.7 Å². The minimum Gasteiger partial charge on any atom is -0.461 e. The summed E-state index contributed by atoms with van der Waals surface area (Å²) in [6, 6.07) is 5.91. The molecular formula is C42H62N4O11. The van der Waals surface area contributed by atoms with E-state index in [1.807, 2.05) is 20.8 Å². The first-order chi connectivity index (χ1) is 26.6. The van der Waals surface area contributed by atoms with Crippen LogP contribution in [0.15, 0.2) is 36.9 Å². The maximum absolute atomic E-state index is 14.0. The van der Waals surface area contributed by atoms with Crippen LogP contribution in [0.2, 0.25) is 0 Å². The number of carbonyl (C=O) groups is 7. The number of esters is 3. The van der Waals surface area contributed by atoms with Crippen LogP contribution in [0.25, 0.3) is 0 Å². The number of piperazine rings is 1. The minimum atomic E-state index is -1.35. The molecule has 2 heterocycles.